The number of aromatic nitrogens is 2. The van der Waals surface area contributed by atoms with E-state index in [0.717, 1.165) is 24.9 Å². The maximum absolute atomic E-state index is 12.8. The molecule has 1 aliphatic rings. The van der Waals surface area contributed by atoms with Crippen molar-refractivity contribution in [2.45, 2.75) is 25.3 Å². The zero-order chi connectivity index (χ0) is 19.4. The second-order valence-electron chi connectivity index (χ2n) is 6.81. The molecule has 1 saturated heterocycles. The number of hydrogen-bond donors (Lipinski definition) is 1. The first-order chi connectivity index (χ1) is 12.9. The summed E-state index contributed by atoms with van der Waals surface area (Å²) in [7, 11) is 1.82. The van der Waals surface area contributed by atoms with Crippen LogP contribution in [0.1, 0.15) is 29.8 Å². The Hall–Kier alpha value is -2.38. The summed E-state index contributed by atoms with van der Waals surface area (Å²) in [5, 5.41) is 14.0. The lowest BCUT2D eigenvalue weighted by Crippen LogP contribution is -2.37. The molecular weight excluding hydrogens is 368 g/mol. The first-order valence-corrected chi connectivity index (χ1v) is 9.35. The summed E-state index contributed by atoms with van der Waals surface area (Å²) in [5.74, 6) is -0.932. The number of halogens is 1. The number of benzene rings is 1. The van der Waals surface area contributed by atoms with Crippen LogP contribution < -0.4 is 0 Å². The van der Waals surface area contributed by atoms with E-state index in [4.69, 9.17) is 16.7 Å². The molecule has 1 aromatic carbocycles. The van der Waals surface area contributed by atoms with Crippen molar-refractivity contribution in [2.24, 2.45) is 0 Å². The number of aliphatic carboxylic acids is 1. The molecule has 144 valence electrons. The summed E-state index contributed by atoms with van der Waals surface area (Å²) in [6.07, 6.45) is 4.23. The van der Waals surface area contributed by atoms with Crippen LogP contribution in [-0.2, 0) is 4.79 Å². The molecular formula is C19H23ClN4O3. The van der Waals surface area contributed by atoms with Crippen molar-refractivity contribution in [1.29, 1.82) is 0 Å². The Labute approximate surface area is 163 Å². The monoisotopic (exact) mass is 390 g/mol. The van der Waals surface area contributed by atoms with Gasteiger partial charge in [0.05, 0.1) is 12.2 Å². The number of amides is 1. The second-order valence-corrected chi connectivity index (χ2v) is 7.25. The van der Waals surface area contributed by atoms with Gasteiger partial charge in [-0.3, -0.25) is 14.5 Å². The average molecular weight is 391 g/mol. The number of hydrogen-bond acceptors (Lipinski definition) is 4. The highest BCUT2D eigenvalue weighted by atomic mass is 35.5. The molecule has 7 nitrogen and oxygen atoms in total. The largest absolute Gasteiger partial charge is 0.480 e. The first kappa shape index (κ1) is 19.4. The topological polar surface area (TPSA) is 78.7 Å². The number of carboxylic acids is 1. The van der Waals surface area contributed by atoms with Crippen molar-refractivity contribution >= 4 is 23.5 Å². The highest BCUT2D eigenvalue weighted by Crippen LogP contribution is 2.18. The fraction of sp³-hybridized carbons (Fsp3) is 0.421. The van der Waals surface area contributed by atoms with Gasteiger partial charge in [0.25, 0.3) is 5.91 Å². The van der Waals surface area contributed by atoms with E-state index in [2.05, 4.69) is 5.10 Å². The van der Waals surface area contributed by atoms with Crippen LogP contribution in [0.5, 0.6) is 0 Å². The van der Waals surface area contributed by atoms with Gasteiger partial charge in [-0.15, -0.1) is 0 Å². The smallest absolute Gasteiger partial charge is 0.317 e. The SMILES string of the molecule is CN(CC(=O)O)C1CCCN(C(=O)c2ccn(-c3cccc(Cl)c3)n2)CC1. The quantitative estimate of drug-likeness (QED) is 0.848. The summed E-state index contributed by atoms with van der Waals surface area (Å²) in [6, 6.07) is 9.17. The van der Waals surface area contributed by atoms with Crippen molar-refractivity contribution in [2.75, 3.05) is 26.7 Å². The number of carboxylic acid groups (broad SMARTS) is 1. The van der Waals surface area contributed by atoms with Crippen molar-refractivity contribution in [3.63, 3.8) is 0 Å². The Kier molecular flexibility index (Phi) is 6.13. The maximum atomic E-state index is 12.8. The third-order valence-electron chi connectivity index (χ3n) is 4.87. The van der Waals surface area contributed by atoms with Crippen molar-refractivity contribution in [3.8, 4) is 5.69 Å². The molecule has 1 fully saturated rings. The number of nitrogens with zero attached hydrogens (tertiary/aromatic N) is 4. The van der Waals surface area contributed by atoms with Gasteiger partial charge in [-0.05, 0) is 50.6 Å². The number of carbonyl (C=O) groups excluding carboxylic acids is 1. The summed E-state index contributed by atoms with van der Waals surface area (Å²) in [4.78, 5) is 27.4. The summed E-state index contributed by atoms with van der Waals surface area (Å²) in [6.45, 7) is 1.26. The minimum atomic E-state index is -0.832. The van der Waals surface area contributed by atoms with Gasteiger partial charge in [0.2, 0.25) is 0 Å². The van der Waals surface area contributed by atoms with Crippen LogP contribution >= 0.6 is 11.6 Å². The molecule has 1 aliphatic heterocycles. The molecule has 0 saturated carbocycles. The van der Waals surface area contributed by atoms with Crippen LogP contribution in [-0.4, -0.2) is 69.3 Å². The van der Waals surface area contributed by atoms with Gasteiger partial charge >= 0.3 is 5.97 Å². The van der Waals surface area contributed by atoms with Crippen LogP contribution in [0.3, 0.4) is 0 Å². The second kappa shape index (κ2) is 8.54. The molecule has 27 heavy (non-hydrogen) atoms. The highest BCUT2D eigenvalue weighted by Gasteiger charge is 2.25. The predicted octanol–water partition coefficient (Wildman–Crippen LogP) is 2.54. The maximum Gasteiger partial charge on any atom is 0.317 e. The molecule has 0 radical (unpaired) electrons. The zero-order valence-corrected chi connectivity index (χ0v) is 16.0. The van der Waals surface area contributed by atoms with Crippen LogP contribution in [0.25, 0.3) is 5.69 Å². The van der Waals surface area contributed by atoms with Crippen molar-refractivity contribution in [1.82, 2.24) is 19.6 Å². The van der Waals surface area contributed by atoms with Gasteiger partial charge in [0.1, 0.15) is 0 Å². The first-order valence-electron chi connectivity index (χ1n) is 8.97. The van der Waals surface area contributed by atoms with Gasteiger partial charge in [-0.1, -0.05) is 17.7 Å². The van der Waals surface area contributed by atoms with E-state index in [0.29, 0.717) is 23.8 Å². The standard InChI is InChI=1S/C19H23ClN4O3/c1-22(13-18(25)26)15-6-3-9-23(10-7-15)19(27)17-8-11-24(21-17)16-5-2-4-14(20)12-16/h2,4-5,8,11-12,15H,3,6-7,9-10,13H2,1H3,(H,25,26). The molecule has 0 bridgehead atoms. The molecule has 2 aromatic rings. The van der Waals surface area contributed by atoms with Gasteiger partial charge in [0.15, 0.2) is 5.69 Å². The molecule has 2 heterocycles. The van der Waals surface area contributed by atoms with E-state index in [1.165, 1.54) is 0 Å². The van der Waals surface area contributed by atoms with E-state index in [9.17, 15) is 9.59 Å². The summed E-state index contributed by atoms with van der Waals surface area (Å²) in [5.41, 5.74) is 1.19. The van der Waals surface area contributed by atoms with E-state index >= 15 is 0 Å². The molecule has 0 spiro atoms. The number of carbonyl (C=O) groups is 2. The number of likely N-dealkylation sites (N-methyl/N-ethyl adjacent to an activating group) is 1. The lowest BCUT2D eigenvalue weighted by molar-refractivity contribution is -0.138. The van der Waals surface area contributed by atoms with Gasteiger partial charge in [-0.2, -0.15) is 5.10 Å². The minimum absolute atomic E-state index is 0.0165. The Morgan fingerprint density at radius 3 is 2.85 bits per heavy atom. The molecule has 1 unspecified atom stereocenters. The van der Waals surface area contributed by atoms with E-state index in [1.54, 1.807) is 34.0 Å². The minimum Gasteiger partial charge on any atom is -0.480 e. The summed E-state index contributed by atoms with van der Waals surface area (Å²) >= 11 is 6.02. The lowest BCUT2D eigenvalue weighted by atomic mass is 10.1. The van der Waals surface area contributed by atoms with Crippen LogP contribution in [0.2, 0.25) is 5.02 Å². The van der Waals surface area contributed by atoms with Gasteiger partial charge in [0, 0.05) is 30.4 Å². The highest BCUT2D eigenvalue weighted by molar-refractivity contribution is 6.30. The van der Waals surface area contributed by atoms with Crippen molar-refractivity contribution in [3.05, 3.63) is 47.2 Å². The number of rotatable bonds is 5. The summed E-state index contributed by atoms with van der Waals surface area (Å²) < 4.78 is 1.64. The molecule has 0 aliphatic carbocycles. The molecule has 1 aromatic heterocycles. The molecule has 3 rings (SSSR count). The van der Waals surface area contributed by atoms with Crippen LogP contribution in [0.4, 0.5) is 0 Å². The normalized spacial score (nSPS) is 17.7. The van der Waals surface area contributed by atoms with E-state index in [-0.39, 0.29) is 18.5 Å². The van der Waals surface area contributed by atoms with E-state index in [1.807, 2.05) is 24.1 Å². The zero-order valence-electron chi connectivity index (χ0n) is 15.2. The predicted molar refractivity (Wildman–Crippen MR) is 102 cm³/mol. The van der Waals surface area contributed by atoms with Crippen LogP contribution in [0, 0.1) is 0 Å². The lowest BCUT2D eigenvalue weighted by Gasteiger charge is -2.25. The molecule has 8 heteroatoms. The third kappa shape index (κ3) is 4.87. The average Bonchev–Trinajstić information content (AvgIpc) is 2.98. The fourth-order valence-electron chi connectivity index (χ4n) is 3.43. The number of likely N-dealkylation sites (tertiary alicyclic amines) is 1. The van der Waals surface area contributed by atoms with E-state index < -0.39 is 5.97 Å². The Balaban J connectivity index is 1.65. The van der Waals surface area contributed by atoms with Gasteiger partial charge < -0.3 is 10.0 Å². The van der Waals surface area contributed by atoms with Crippen LogP contribution in [0.15, 0.2) is 36.5 Å². The Morgan fingerprint density at radius 1 is 1.30 bits per heavy atom. The fourth-order valence-corrected chi connectivity index (χ4v) is 3.61. The molecule has 1 atom stereocenters. The van der Waals surface area contributed by atoms with Gasteiger partial charge in [-0.25, -0.2) is 4.68 Å². The Bertz CT molecular complexity index is 823. The third-order valence-corrected chi connectivity index (χ3v) is 5.11. The molecule has 1 N–H and O–H groups in total. The molecule has 1 amide bonds. The van der Waals surface area contributed by atoms with Crippen molar-refractivity contribution < 1.29 is 14.7 Å². The Morgan fingerprint density at radius 2 is 2.11 bits per heavy atom.